The molecule has 124 valence electrons. The molecule has 2 aromatic heterocycles. The van der Waals surface area contributed by atoms with Gasteiger partial charge >= 0.3 is 6.61 Å². The van der Waals surface area contributed by atoms with E-state index in [4.69, 9.17) is 4.52 Å². The number of carbonyl (C=O) groups is 1. The summed E-state index contributed by atoms with van der Waals surface area (Å²) in [6.45, 7) is -1.19. The van der Waals surface area contributed by atoms with Crippen LogP contribution in [0.25, 0.3) is 11.1 Å². The van der Waals surface area contributed by atoms with Crippen molar-refractivity contribution in [3.05, 3.63) is 47.8 Å². The predicted octanol–water partition coefficient (Wildman–Crippen LogP) is 3.31. The van der Waals surface area contributed by atoms with Crippen molar-refractivity contribution in [3.8, 4) is 5.75 Å². The molecule has 1 N–H and O–H groups in total. The Bertz CT molecular complexity index is 880. The van der Waals surface area contributed by atoms with E-state index >= 15 is 0 Å². The summed E-state index contributed by atoms with van der Waals surface area (Å²) in [5.41, 5.74) is 1.86. The molecular formula is C16H13F2N3O3. The second-order valence-corrected chi connectivity index (χ2v) is 5.06. The van der Waals surface area contributed by atoms with E-state index in [2.05, 4.69) is 20.2 Å². The lowest BCUT2D eigenvalue weighted by Crippen LogP contribution is -2.15. The number of hydrogen-bond acceptors (Lipinski definition) is 5. The third-order valence-corrected chi connectivity index (χ3v) is 3.33. The van der Waals surface area contributed by atoms with E-state index in [9.17, 15) is 13.6 Å². The Morgan fingerprint density at radius 1 is 1.38 bits per heavy atom. The number of carbonyl (C=O) groups excluding carboxylic acids is 1. The number of pyridine rings is 1. The molecule has 0 bridgehead atoms. The van der Waals surface area contributed by atoms with Crippen molar-refractivity contribution in [3.63, 3.8) is 0 Å². The maximum Gasteiger partial charge on any atom is 0.387 e. The van der Waals surface area contributed by atoms with Gasteiger partial charge in [0.25, 0.3) is 5.71 Å². The summed E-state index contributed by atoms with van der Waals surface area (Å²) in [5.74, 6) is -0.401. The standard InChI is InChI=1S/C16H13F2N3O3/c1-9-12-7-11(8-19-15(12)24-21-9)20-14(22)6-10-4-2-3-5-13(10)23-16(17)18/h2-5,7-8,16H,6H2,1H3,(H,20,22). The van der Waals surface area contributed by atoms with Crippen molar-refractivity contribution in [1.82, 2.24) is 10.1 Å². The van der Waals surface area contributed by atoms with Gasteiger partial charge in [-0.3, -0.25) is 4.79 Å². The van der Waals surface area contributed by atoms with Crippen LogP contribution in [0.4, 0.5) is 14.5 Å². The second-order valence-electron chi connectivity index (χ2n) is 5.06. The van der Waals surface area contributed by atoms with E-state index in [1.807, 2.05) is 0 Å². The molecule has 0 saturated heterocycles. The van der Waals surface area contributed by atoms with Gasteiger partial charge in [0.15, 0.2) is 0 Å². The number of rotatable bonds is 5. The minimum atomic E-state index is -2.95. The number of amides is 1. The molecule has 0 unspecified atom stereocenters. The van der Waals surface area contributed by atoms with Gasteiger partial charge in [-0.05, 0) is 19.1 Å². The van der Waals surface area contributed by atoms with Gasteiger partial charge in [0.05, 0.1) is 29.4 Å². The third kappa shape index (κ3) is 3.48. The number of aryl methyl sites for hydroxylation is 1. The van der Waals surface area contributed by atoms with Gasteiger partial charge in [0.2, 0.25) is 5.91 Å². The summed E-state index contributed by atoms with van der Waals surface area (Å²) >= 11 is 0. The van der Waals surface area contributed by atoms with Crippen LogP contribution >= 0.6 is 0 Å². The third-order valence-electron chi connectivity index (χ3n) is 3.33. The molecule has 0 radical (unpaired) electrons. The molecule has 0 atom stereocenters. The maximum atomic E-state index is 12.4. The Hall–Kier alpha value is -3.03. The normalized spacial score (nSPS) is 11.0. The topological polar surface area (TPSA) is 77.3 Å². The number of para-hydroxylation sites is 1. The van der Waals surface area contributed by atoms with Crippen molar-refractivity contribution in [2.75, 3.05) is 5.32 Å². The Labute approximate surface area is 135 Å². The van der Waals surface area contributed by atoms with Crippen molar-refractivity contribution in [1.29, 1.82) is 0 Å². The SMILES string of the molecule is Cc1noc2ncc(NC(=O)Cc3ccccc3OC(F)F)cc12. The summed E-state index contributed by atoms with van der Waals surface area (Å²) < 4.78 is 34.2. The van der Waals surface area contributed by atoms with E-state index in [1.165, 1.54) is 12.3 Å². The molecule has 1 aromatic carbocycles. The van der Waals surface area contributed by atoms with E-state index < -0.39 is 6.61 Å². The molecule has 3 rings (SSSR count). The van der Waals surface area contributed by atoms with Crippen LogP contribution in [0.2, 0.25) is 0 Å². The fourth-order valence-electron chi connectivity index (χ4n) is 2.25. The molecule has 0 aliphatic carbocycles. The van der Waals surface area contributed by atoms with E-state index in [1.54, 1.807) is 31.2 Å². The van der Waals surface area contributed by atoms with Crippen molar-refractivity contribution in [2.24, 2.45) is 0 Å². The van der Waals surface area contributed by atoms with Crippen molar-refractivity contribution in [2.45, 2.75) is 20.0 Å². The zero-order valence-electron chi connectivity index (χ0n) is 12.6. The summed E-state index contributed by atoms with van der Waals surface area (Å²) in [7, 11) is 0. The largest absolute Gasteiger partial charge is 0.435 e. The lowest BCUT2D eigenvalue weighted by atomic mass is 10.1. The second kappa shape index (κ2) is 6.61. The highest BCUT2D eigenvalue weighted by Gasteiger charge is 2.13. The number of fused-ring (bicyclic) bond motifs is 1. The molecule has 1 amide bonds. The average molecular weight is 333 g/mol. The van der Waals surface area contributed by atoms with Gasteiger partial charge in [0.1, 0.15) is 5.75 Å². The maximum absolute atomic E-state index is 12.4. The highest BCUT2D eigenvalue weighted by molar-refractivity contribution is 5.94. The lowest BCUT2D eigenvalue weighted by Gasteiger charge is -2.10. The Balaban J connectivity index is 1.74. The van der Waals surface area contributed by atoms with Gasteiger partial charge < -0.3 is 14.6 Å². The minimum Gasteiger partial charge on any atom is -0.435 e. The Morgan fingerprint density at radius 3 is 2.96 bits per heavy atom. The molecule has 0 aliphatic heterocycles. The smallest absolute Gasteiger partial charge is 0.387 e. The minimum absolute atomic E-state index is 0.0221. The van der Waals surface area contributed by atoms with E-state index in [0.717, 1.165) is 0 Å². The first-order valence-corrected chi connectivity index (χ1v) is 7.07. The van der Waals surface area contributed by atoms with Crippen LogP contribution in [0.1, 0.15) is 11.3 Å². The monoisotopic (exact) mass is 333 g/mol. The number of anilines is 1. The van der Waals surface area contributed by atoms with Crippen LogP contribution < -0.4 is 10.1 Å². The average Bonchev–Trinajstić information content (AvgIpc) is 2.90. The van der Waals surface area contributed by atoms with Crippen LogP contribution in [-0.2, 0) is 11.2 Å². The number of hydrogen-bond donors (Lipinski definition) is 1. The summed E-state index contributed by atoms with van der Waals surface area (Å²) in [6, 6.07) is 7.85. The highest BCUT2D eigenvalue weighted by Crippen LogP contribution is 2.22. The quantitative estimate of drug-likeness (QED) is 0.775. The van der Waals surface area contributed by atoms with Gasteiger partial charge in [-0.15, -0.1) is 0 Å². The van der Waals surface area contributed by atoms with E-state index in [-0.39, 0.29) is 18.1 Å². The molecule has 0 spiro atoms. The first kappa shape index (κ1) is 15.9. The Morgan fingerprint density at radius 2 is 2.17 bits per heavy atom. The molecule has 24 heavy (non-hydrogen) atoms. The number of alkyl halides is 2. The fourth-order valence-corrected chi connectivity index (χ4v) is 2.25. The molecule has 0 saturated carbocycles. The number of nitrogens with zero attached hydrogens (tertiary/aromatic N) is 2. The van der Waals surface area contributed by atoms with Crippen LogP contribution in [0, 0.1) is 6.92 Å². The van der Waals surface area contributed by atoms with Crippen molar-refractivity contribution < 1.29 is 22.8 Å². The van der Waals surface area contributed by atoms with Gasteiger partial charge in [-0.25, -0.2) is 4.98 Å². The number of halogens is 2. The zero-order valence-corrected chi connectivity index (χ0v) is 12.6. The van der Waals surface area contributed by atoms with Gasteiger partial charge in [-0.1, -0.05) is 23.4 Å². The molecule has 0 fully saturated rings. The number of ether oxygens (including phenoxy) is 1. The molecule has 8 heteroatoms. The van der Waals surface area contributed by atoms with Crippen LogP contribution in [-0.4, -0.2) is 22.7 Å². The summed E-state index contributed by atoms with van der Waals surface area (Å²) in [5, 5.41) is 7.14. The van der Waals surface area contributed by atoms with Gasteiger partial charge in [0, 0.05) is 5.56 Å². The molecule has 2 heterocycles. The lowest BCUT2D eigenvalue weighted by molar-refractivity contribution is -0.115. The first-order valence-electron chi connectivity index (χ1n) is 7.07. The summed E-state index contributed by atoms with van der Waals surface area (Å²) in [6.07, 6.45) is 1.33. The molecular weight excluding hydrogens is 320 g/mol. The molecule has 0 aliphatic rings. The Kier molecular flexibility index (Phi) is 4.37. The van der Waals surface area contributed by atoms with Crippen LogP contribution in [0.5, 0.6) is 5.75 Å². The van der Waals surface area contributed by atoms with Crippen LogP contribution in [0.15, 0.2) is 41.1 Å². The predicted molar refractivity (Wildman–Crippen MR) is 81.9 cm³/mol. The van der Waals surface area contributed by atoms with Crippen LogP contribution in [0.3, 0.4) is 0 Å². The van der Waals surface area contributed by atoms with Gasteiger partial charge in [-0.2, -0.15) is 8.78 Å². The molecule has 3 aromatic rings. The highest BCUT2D eigenvalue weighted by atomic mass is 19.3. The number of nitrogens with one attached hydrogen (secondary N) is 1. The van der Waals surface area contributed by atoms with Crippen molar-refractivity contribution >= 4 is 22.7 Å². The summed E-state index contributed by atoms with van der Waals surface area (Å²) in [4.78, 5) is 16.2. The van der Waals surface area contributed by atoms with E-state index in [0.29, 0.717) is 28.0 Å². The fraction of sp³-hybridized carbons (Fsp3) is 0.188. The molecule has 6 nitrogen and oxygen atoms in total. The number of aromatic nitrogens is 2. The number of benzene rings is 1. The first-order chi connectivity index (χ1) is 11.5. The zero-order chi connectivity index (χ0) is 17.1.